The predicted octanol–water partition coefficient (Wildman–Crippen LogP) is 4.64. The fraction of sp³-hybridized carbons (Fsp3) is 0.174. The van der Waals surface area contributed by atoms with E-state index in [9.17, 15) is 4.79 Å². The van der Waals surface area contributed by atoms with Crippen LogP contribution in [0.5, 0.6) is 17.2 Å². The molecule has 0 aliphatic carbocycles. The van der Waals surface area contributed by atoms with E-state index in [1.54, 1.807) is 21.3 Å². The van der Waals surface area contributed by atoms with Gasteiger partial charge in [-0.3, -0.25) is 4.79 Å². The number of carbonyl (C=O) groups is 1. The maximum Gasteiger partial charge on any atom is 0.228 e. The van der Waals surface area contributed by atoms with Gasteiger partial charge in [0.2, 0.25) is 5.91 Å². The summed E-state index contributed by atoms with van der Waals surface area (Å²) in [6, 6.07) is 20.5. The van der Waals surface area contributed by atoms with Gasteiger partial charge in [0.15, 0.2) is 0 Å². The Bertz CT molecular complexity index is 954. The van der Waals surface area contributed by atoms with E-state index in [2.05, 4.69) is 10.6 Å². The van der Waals surface area contributed by atoms with Crippen molar-refractivity contribution < 1.29 is 19.0 Å². The number of hydrogen-bond donors (Lipinski definition) is 2. The minimum atomic E-state index is -0.0784. The molecule has 0 fully saturated rings. The van der Waals surface area contributed by atoms with Crippen molar-refractivity contribution in [3.8, 4) is 17.2 Å². The number of benzene rings is 3. The fourth-order valence-corrected chi connectivity index (χ4v) is 2.84. The summed E-state index contributed by atoms with van der Waals surface area (Å²) in [6.07, 6.45) is 0.297. The predicted molar refractivity (Wildman–Crippen MR) is 115 cm³/mol. The number of carbonyl (C=O) groups excluding carboxylic acids is 1. The molecule has 0 spiro atoms. The van der Waals surface area contributed by atoms with Gasteiger partial charge in [0.1, 0.15) is 17.2 Å². The summed E-state index contributed by atoms with van der Waals surface area (Å²) < 4.78 is 15.8. The second-order valence-corrected chi connectivity index (χ2v) is 6.34. The van der Waals surface area contributed by atoms with Crippen molar-refractivity contribution in [2.45, 2.75) is 6.42 Å². The van der Waals surface area contributed by atoms with Gasteiger partial charge in [0.05, 0.1) is 33.4 Å². The molecule has 0 atom stereocenters. The van der Waals surface area contributed by atoms with E-state index in [1.165, 1.54) is 0 Å². The van der Waals surface area contributed by atoms with Gasteiger partial charge in [-0.1, -0.05) is 12.1 Å². The number of nitrogens with one attached hydrogen (secondary N) is 2. The van der Waals surface area contributed by atoms with E-state index in [1.807, 2.05) is 66.7 Å². The summed E-state index contributed by atoms with van der Waals surface area (Å²) in [7, 11) is 4.86. The van der Waals surface area contributed by atoms with Gasteiger partial charge in [0.25, 0.3) is 0 Å². The quantitative estimate of drug-likeness (QED) is 0.585. The molecular formula is C23H24N2O4. The molecule has 3 aromatic rings. The Labute approximate surface area is 170 Å². The average molecular weight is 392 g/mol. The Morgan fingerprint density at radius 1 is 0.759 bits per heavy atom. The third-order valence-electron chi connectivity index (χ3n) is 4.38. The number of methoxy groups -OCH3 is 3. The smallest absolute Gasteiger partial charge is 0.228 e. The lowest BCUT2D eigenvalue weighted by Crippen LogP contribution is -2.14. The van der Waals surface area contributed by atoms with Gasteiger partial charge in [-0.2, -0.15) is 0 Å². The minimum Gasteiger partial charge on any atom is -0.497 e. The first-order valence-corrected chi connectivity index (χ1v) is 9.13. The number of hydrogen-bond acceptors (Lipinski definition) is 5. The molecule has 0 aliphatic heterocycles. The van der Waals surface area contributed by atoms with Crippen LogP contribution in [0.25, 0.3) is 0 Å². The highest BCUT2D eigenvalue weighted by atomic mass is 16.5. The van der Waals surface area contributed by atoms with Gasteiger partial charge >= 0.3 is 0 Å². The zero-order valence-electron chi connectivity index (χ0n) is 16.7. The van der Waals surface area contributed by atoms with Gasteiger partial charge in [-0.15, -0.1) is 0 Å². The second-order valence-electron chi connectivity index (χ2n) is 6.34. The van der Waals surface area contributed by atoms with Crippen LogP contribution in [0.15, 0.2) is 66.7 Å². The summed E-state index contributed by atoms with van der Waals surface area (Å²) in [5, 5.41) is 6.21. The van der Waals surface area contributed by atoms with Crippen LogP contribution in [0.3, 0.4) is 0 Å². The van der Waals surface area contributed by atoms with Gasteiger partial charge < -0.3 is 24.8 Å². The molecule has 6 heteroatoms. The molecule has 3 rings (SSSR count). The number of rotatable bonds is 8. The molecule has 0 heterocycles. The standard InChI is InChI=1S/C23H24N2O4/c1-27-19-10-4-16(5-11-19)14-23(26)25-18-8-6-17(7-9-18)24-21-15-20(28-2)12-13-22(21)29-3/h4-13,15,24H,14H2,1-3H3,(H,25,26). The van der Waals surface area contributed by atoms with E-state index < -0.39 is 0 Å². The second kappa shape index (κ2) is 9.50. The summed E-state index contributed by atoms with van der Waals surface area (Å²) in [6.45, 7) is 0. The topological polar surface area (TPSA) is 68.8 Å². The van der Waals surface area contributed by atoms with Crippen LogP contribution < -0.4 is 24.8 Å². The Morgan fingerprint density at radius 3 is 2.00 bits per heavy atom. The van der Waals surface area contributed by atoms with Crippen molar-refractivity contribution in [1.82, 2.24) is 0 Å². The van der Waals surface area contributed by atoms with Crippen molar-refractivity contribution in [3.05, 3.63) is 72.3 Å². The summed E-state index contributed by atoms with van der Waals surface area (Å²) in [5.74, 6) is 2.13. The monoisotopic (exact) mass is 392 g/mol. The highest BCUT2D eigenvalue weighted by Gasteiger charge is 2.07. The Balaban J connectivity index is 1.62. The lowest BCUT2D eigenvalue weighted by Gasteiger charge is -2.13. The van der Waals surface area contributed by atoms with Crippen molar-refractivity contribution in [2.75, 3.05) is 32.0 Å². The Morgan fingerprint density at radius 2 is 1.38 bits per heavy atom. The third kappa shape index (κ3) is 5.42. The number of ether oxygens (including phenoxy) is 3. The van der Waals surface area contributed by atoms with Crippen LogP contribution in [0.1, 0.15) is 5.56 Å². The van der Waals surface area contributed by atoms with Crippen LogP contribution in [-0.2, 0) is 11.2 Å². The molecule has 0 radical (unpaired) electrons. The molecule has 150 valence electrons. The molecule has 6 nitrogen and oxygen atoms in total. The fourth-order valence-electron chi connectivity index (χ4n) is 2.84. The molecule has 29 heavy (non-hydrogen) atoms. The van der Waals surface area contributed by atoms with Crippen molar-refractivity contribution in [2.24, 2.45) is 0 Å². The zero-order valence-corrected chi connectivity index (χ0v) is 16.7. The highest BCUT2D eigenvalue weighted by Crippen LogP contribution is 2.31. The van der Waals surface area contributed by atoms with E-state index in [-0.39, 0.29) is 5.91 Å². The molecular weight excluding hydrogens is 368 g/mol. The molecule has 0 saturated carbocycles. The van der Waals surface area contributed by atoms with E-state index >= 15 is 0 Å². The summed E-state index contributed by atoms with van der Waals surface area (Å²) >= 11 is 0. The normalized spacial score (nSPS) is 10.2. The first kappa shape index (κ1) is 20.1. The molecule has 3 aromatic carbocycles. The summed E-state index contributed by atoms with van der Waals surface area (Å²) in [5.41, 5.74) is 3.31. The van der Waals surface area contributed by atoms with Crippen molar-refractivity contribution in [3.63, 3.8) is 0 Å². The van der Waals surface area contributed by atoms with Crippen molar-refractivity contribution in [1.29, 1.82) is 0 Å². The molecule has 1 amide bonds. The van der Waals surface area contributed by atoms with E-state index in [4.69, 9.17) is 14.2 Å². The van der Waals surface area contributed by atoms with Gasteiger partial charge in [-0.25, -0.2) is 0 Å². The zero-order chi connectivity index (χ0) is 20.6. The number of anilines is 3. The molecule has 2 N–H and O–H groups in total. The van der Waals surface area contributed by atoms with E-state index in [0.717, 1.165) is 34.1 Å². The van der Waals surface area contributed by atoms with Gasteiger partial charge in [-0.05, 0) is 54.1 Å². The molecule has 0 saturated heterocycles. The molecule has 0 aliphatic rings. The van der Waals surface area contributed by atoms with Gasteiger partial charge in [0, 0.05) is 17.4 Å². The highest BCUT2D eigenvalue weighted by molar-refractivity contribution is 5.92. The van der Waals surface area contributed by atoms with Crippen LogP contribution in [0, 0.1) is 0 Å². The average Bonchev–Trinajstić information content (AvgIpc) is 2.75. The van der Waals surface area contributed by atoms with Crippen LogP contribution >= 0.6 is 0 Å². The van der Waals surface area contributed by atoms with E-state index in [0.29, 0.717) is 12.2 Å². The minimum absolute atomic E-state index is 0.0784. The lowest BCUT2D eigenvalue weighted by molar-refractivity contribution is -0.115. The Kier molecular flexibility index (Phi) is 6.58. The maximum absolute atomic E-state index is 12.3. The van der Waals surface area contributed by atoms with Crippen LogP contribution in [-0.4, -0.2) is 27.2 Å². The largest absolute Gasteiger partial charge is 0.497 e. The third-order valence-corrected chi connectivity index (χ3v) is 4.38. The van der Waals surface area contributed by atoms with Crippen LogP contribution in [0.4, 0.5) is 17.1 Å². The number of amides is 1. The first-order chi connectivity index (χ1) is 14.1. The summed E-state index contributed by atoms with van der Waals surface area (Å²) in [4.78, 5) is 12.3. The molecule has 0 bridgehead atoms. The van der Waals surface area contributed by atoms with Crippen molar-refractivity contribution >= 4 is 23.0 Å². The van der Waals surface area contributed by atoms with Crippen LogP contribution in [0.2, 0.25) is 0 Å². The SMILES string of the molecule is COc1ccc(CC(=O)Nc2ccc(Nc3cc(OC)ccc3OC)cc2)cc1. The first-order valence-electron chi connectivity index (χ1n) is 9.13. The lowest BCUT2D eigenvalue weighted by atomic mass is 10.1. The Hall–Kier alpha value is -3.67. The molecule has 0 unspecified atom stereocenters. The maximum atomic E-state index is 12.3. The molecule has 0 aromatic heterocycles.